The van der Waals surface area contributed by atoms with E-state index in [0.29, 0.717) is 76.8 Å². The summed E-state index contributed by atoms with van der Waals surface area (Å²) < 4.78 is 20.8. The smallest absolute Gasteiger partial charge is 0.407 e. The lowest BCUT2D eigenvalue weighted by atomic mass is 9.90. The average molecular weight is 875 g/mol. The Morgan fingerprint density at radius 3 is 1.86 bits per heavy atom. The van der Waals surface area contributed by atoms with Crippen LogP contribution in [0.3, 0.4) is 0 Å². The molecule has 4 atom stereocenters. The number of benzene rings is 1. The molecule has 18 heteroatoms. The summed E-state index contributed by atoms with van der Waals surface area (Å²) in [4.78, 5) is 82.2. The number of nitrogens with one attached hydrogen (secondary N) is 4. The lowest BCUT2D eigenvalue weighted by Gasteiger charge is -2.34. The maximum absolute atomic E-state index is 14.0. The van der Waals surface area contributed by atoms with Crippen LogP contribution in [0.1, 0.15) is 75.1 Å². The van der Waals surface area contributed by atoms with Gasteiger partial charge in [0.25, 0.3) is 0 Å². The summed E-state index contributed by atoms with van der Waals surface area (Å²) in [7, 11) is 2.60. The van der Waals surface area contributed by atoms with Crippen LogP contribution in [0, 0.1) is 11.8 Å². The Hall–Kier alpha value is -6.40. The number of imidazole rings is 2. The number of aromatic nitrogens is 6. The first-order valence-electron chi connectivity index (χ1n) is 22.2. The van der Waals surface area contributed by atoms with E-state index >= 15 is 0 Å². The Kier molecular flexibility index (Phi) is 12.8. The van der Waals surface area contributed by atoms with Crippen LogP contribution in [0.25, 0.3) is 44.7 Å². The van der Waals surface area contributed by atoms with Crippen molar-refractivity contribution in [2.75, 3.05) is 53.7 Å². The fourth-order valence-electron chi connectivity index (χ4n) is 9.67. The van der Waals surface area contributed by atoms with Gasteiger partial charge in [0.05, 0.1) is 55.1 Å². The molecule has 0 aliphatic carbocycles. The second-order valence-corrected chi connectivity index (χ2v) is 16.9. The third-order valence-corrected chi connectivity index (χ3v) is 13.2. The van der Waals surface area contributed by atoms with Crippen molar-refractivity contribution in [3.05, 3.63) is 72.8 Å². The fraction of sp³-hybridized carbons (Fsp3) is 0.478. The molecule has 4 aliphatic rings. The van der Waals surface area contributed by atoms with Gasteiger partial charge in [-0.1, -0.05) is 12.1 Å². The maximum Gasteiger partial charge on any atom is 0.407 e. The summed E-state index contributed by atoms with van der Waals surface area (Å²) in [5.41, 5.74) is 5.72. The molecule has 0 unspecified atom stereocenters. The van der Waals surface area contributed by atoms with Crippen molar-refractivity contribution in [3.8, 4) is 33.8 Å². The number of H-pyrrole nitrogens is 2. The number of amides is 4. The van der Waals surface area contributed by atoms with E-state index in [1.807, 2.05) is 46.3 Å². The zero-order chi connectivity index (χ0) is 44.2. The molecule has 1 aromatic carbocycles. The van der Waals surface area contributed by atoms with Crippen molar-refractivity contribution >= 4 is 34.9 Å². The molecular weight excluding hydrogens is 821 g/mol. The number of aromatic amines is 2. The molecule has 9 rings (SSSR count). The predicted octanol–water partition coefficient (Wildman–Crippen LogP) is 5.71. The quantitative estimate of drug-likeness (QED) is 0.126. The highest BCUT2D eigenvalue weighted by Gasteiger charge is 2.42. The summed E-state index contributed by atoms with van der Waals surface area (Å²) in [5, 5.41) is 6.55. The number of hydrogen-bond acceptors (Lipinski definition) is 12. The molecule has 4 aromatic heterocycles. The number of fused-ring (bicyclic) bond motifs is 1. The number of methoxy groups -OCH3 is 2. The predicted molar refractivity (Wildman–Crippen MR) is 233 cm³/mol. The number of nitrogens with zero attached hydrogens (tertiary/aromatic N) is 6. The van der Waals surface area contributed by atoms with Gasteiger partial charge in [-0.3, -0.25) is 19.6 Å². The highest BCUT2D eigenvalue weighted by atomic mass is 16.5. The summed E-state index contributed by atoms with van der Waals surface area (Å²) in [6.45, 7) is 3.35. The van der Waals surface area contributed by atoms with Crippen molar-refractivity contribution in [2.24, 2.45) is 11.8 Å². The van der Waals surface area contributed by atoms with Crippen molar-refractivity contribution in [1.29, 1.82) is 0 Å². The van der Waals surface area contributed by atoms with Crippen molar-refractivity contribution < 1.29 is 38.1 Å². The first-order chi connectivity index (χ1) is 31.3. The van der Waals surface area contributed by atoms with Gasteiger partial charge in [0.1, 0.15) is 23.7 Å². The highest BCUT2D eigenvalue weighted by molar-refractivity contribution is 5.88. The number of carbonyl (C=O) groups is 4. The number of pyridine rings is 2. The van der Waals surface area contributed by atoms with E-state index in [0.717, 1.165) is 70.4 Å². The molecule has 5 aromatic rings. The van der Waals surface area contributed by atoms with Gasteiger partial charge in [-0.15, -0.1) is 0 Å². The second kappa shape index (κ2) is 19.1. The molecule has 64 heavy (non-hydrogen) atoms. The highest BCUT2D eigenvalue weighted by Crippen LogP contribution is 2.36. The molecular formula is C46H54N10O8. The van der Waals surface area contributed by atoms with Crippen molar-refractivity contribution in [2.45, 2.75) is 75.5 Å². The minimum atomic E-state index is -0.701. The molecule has 336 valence electrons. The SMILES string of the molecule is COC(=O)N[C@H](C(=O)N1CCC[C@H]1c1nc(-c2cnc3cc(-c4ccc(-c5cnc([C@@H]6CCCN6C(=O)[C@@H](NC(=O)OC)C6CCOCC6)[nH]5)cn4)ccc3c2)c[nH]1)C1CCOCC1. The van der Waals surface area contributed by atoms with E-state index in [1.165, 1.54) is 14.2 Å². The van der Waals surface area contributed by atoms with E-state index in [9.17, 15) is 19.2 Å². The topological polar surface area (TPSA) is 219 Å². The zero-order valence-corrected chi connectivity index (χ0v) is 36.1. The second-order valence-electron chi connectivity index (χ2n) is 16.9. The minimum absolute atomic E-state index is 0.0404. The Balaban J connectivity index is 0.862. The van der Waals surface area contributed by atoms with Crippen LogP contribution in [0.4, 0.5) is 9.59 Å². The van der Waals surface area contributed by atoms with Gasteiger partial charge >= 0.3 is 12.2 Å². The third kappa shape index (κ3) is 9.01. The number of rotatable bonds is 11. The monoisotopic (exact) mass is 874 g/mol. The molecule has 4 N–H and O–H groups in total. The normalized spacial score (nSPS) is 20.5. The molecule has 0 bridgehead atoms. The van der Waals surface area contributed by atoms with Gasteiger partial charge in [0.15, 0.2) is 0 Å². The Bertz CT molecular complexity index is 2460. The summed E-state index contributed by atoms with van der Waals surface area (Å²) in [6, 6.07) is 10.2. The van der Waals surface area contributed by atoms with Crippen molar-refractivity contribution in [3.63, 3.8) is 0 Å². The molecule has 0 spiro atoms. The molecule has 18 nitrogen and oxygen atoms in total. The van der Waals surface area contributed by atoms with E-state index in [4.69, 9.17) is 38.9 Å². The summed E-state index contributed by atoms with van der Waals surface area (Å²) in [6.07, 6.45) is 11.9. The van der Waals surface area contributed by atoms with Crippen molar-refractivity contribution in [1.82, 2.24) is 50.3 Å². The lowest BCUT2D eigenvalue weighted by molar-refractivity contribution is -0.137. The van der Waals surface area contributed by atoms with Gasteiger partial charge in [-0.2, -0.15) is 0 Å². The van der Waals surface area contributed by atoms with Crippen LogP contribution in [-0.2, 0) is 28.5 Å². The van der Waals surface area contributed by atoms with Crippen LogP contribution in [0.2, 0.25) is 0 Å². The molecule has 0 saturated carbocycles. The van der Waals surface area contributed by atoms with Gasteiger partial charge in [-0.05, 0) is 87.5 Å². The largest absolute Gasteiger partial charge is 0.453 e. The minimum Gasteiger partial charge on any atom is -0.453 e. The standard InChI is InChI=1S/C46H54N10O8/c1-61-45(59)53-39(27-11-17-63-18-12-27)43(57)55-15-3-5-37(55)41-49-25-35(51-41)31-9-10-33(47-23-31)30-8-7-29-21-32(24-48-34(29)22-30)36-26-50-42(52-36)38-6-4-16-56(38)44(58)40(54-46(60)62-2)28-13-19-64-20-14-28/h7-10,21-28,37-40H,3-6,11-20H2,1-2H3,(H,49,51)(H,50,52)(H,53,59)(H,54,60)/t37-,38-,39-,40-/m0/s1. The lowest BCUT2D eigenvalue weighted by Crippen LogP contribution is -2.53. The summed E-state index contributed by atoms with van der Waals surface area (Å²) >= 11 is 0. The van der Waals surface area contributed by atoms with Crippen LogP contribution in [0.5, 0.6) is 0 Å². The van der Waals surface area contributed by atoms with Gasteiger partial charge in [-0.25, -0.2) is 19.6 Å². The molecule has 0 radical (unpaired) electrons. The maximum atomic E-state index is 14.0. The average Bonchev–Trinajstić information content (AvgIpc) is 4.20. The molecule has 4 saturated heterocycles. The number of hydrogen-bond donors (Lipinski definition) is 4. The Morgan fingerprint density at radius 2 is 1.27 bits per heavy atom. The van der Waals surface area contributed by atoms with Gasteiger partial charge < -0.3 is 49.3 Å². The summed E-state index contributed by atoms with van der Waals surface area (Å²) in [5.74, 6) is 1.05. The van der Waals surface area contributed by atoms with Crippen LogP contribution < -0.4 is 10.6 Å². The van der Waals surface area contributed by atoms with Crippen LogP contribution >= 0.6 is 0 Å². The van der Waals surface area contributed by atoms with E-state index in [1.54, 1.807) is 18.6 Å². The third-order valence-electron chi connectivity index (χ3n) is 13.2. The van der Waals surface area contributed by atoms with Gasteiger partial charge in [0, 0.05) is 80.2 Å². The van der Waals surface area contributed by atoms with E-state index < -0.39 is 24.3 Å². The molecule has 4 aliphatic heterocycles. The van der Waals surface area contributed by atoms with E-state index in [-0.39, 0.29) is 35.7 Å². The fourth-order valence-corrected chi connectivity index (χ4v) is 9.67. The van der Waals surface area contributed by atoms with E-state index in [2.05, 4.69) is 26.7 Å². The number of ether oxygens (including phenoxy) is 4. The Labute approximate surface area is 370 Å². The number of carbonyl (C=O) groups excluding carboxylic acids is 4. The first-order valence-corrected chi connectivity index (χ1v) is 22.2. The zero-order valence-electron chi connectivity index (χ0n) is 36.1. The number of likely N-dealkylation sites (tertiary alicyclic amines) is 2. The van der Waals surface area contributed by atoms with Crippen LogP contribution in [0.15, 0.2) is 61.2 Å². The number of alkyl carbamates (subject to hydrolysis) is 2. The molecule has 4 amide bonds. The molecule has 4 fully saturated rings. The Morgan fingerprint density at radius 1 is 0.672 bits per heavy atom. The van der Waals surface area contributed by atoms with Crippen LogP contribution in [-0.4, -0.2) is 130 Å². The molecule has 8 heterocycles. The first kappa shape index (κ1) is 42.9. The van der Waals surface area contributed by atoms with Gasteiger partial charge in [0.2, 0.25) is 11.8 Å².